The van der Waals surface area contributed by atoms with Gasteiger partial charge >= 0.3 is 0 Å². The molecule has 3 aromatic rings. The highest BCUT2D eigenvalue weighted by Gasteiger charge is 2.36. The van der Waals surface area contributed by atoms with E-state index in [4.69, 9.17) is 9.47 Å². The number of carbonyl (C=O) groups is 2. The van der Waals surface area contributed by atoms with Crippen molar-refractivity contribution >= 4 is 23.2 Å². The lowest BCUT2D eigenvalue weighted by Gasteiger charge is -2.17. The van der Waals surface area contributed by atoms with Gasteiger partial charge in [0.05, 0.1) is 17.3 Å². The zero-order valence-corrected chi connectivity index (χ0v) is 17.7. The van der Waals surface area contributed by atoms with Crippen molar-refractivity contribution in [2.45, 2.75) is 13.3 Å². The molecule has 0 bridgehead atoms. The summed E-state index contributed by atoms with van der Waals surface area (Å²) < 4.78 is 13.9. The maximum absolute atomic E-state index is 13.0. The number of rotatable bonds is 4. The third kappa shape index (κ3) is 3.22. The lowest BCUT2D eigenvalue weighted by atomic mass is 10.1. The Morgan fingerprint density at radius 2 is 1.78 bits per heavy atom. The number of benzene rings is 2. The summed E-state index contributed by atoms with van der Waals surface area (Å²) in [5.41, 5.74) is 1.88. The van der Waals surface area contributed by atoms with Crippen molar-refractivity contribution in [2.75, 3.05) is 23.6 Å². The number of para-hydroxylation sites is 1. The van der Waals surface area contributed by atoms with Gasteiger partial charge in [0, 0.05) is 31.8 Å². The number of ether oxygens (including phenoxy) is 2. The Morgan fingerprint density at radius 3 is 2.56 bits per heavy atom. The summed E-state index contributed by atoms with van der Waals surface area (Å²) in [5, 5.41) is 2.77. The van der Waals surface area contributed by atoms with Crippen LogP contribution in [0.4, 0.5) is 11.4 Å². The van der Waals surface area contributed by atoms with E-state index in [2.05, 4.69) is 5.32 Å². The lowest BCUT2D eigenvalue weighted by molar-refractivity contribution is -0.122. The predicted molar refractivity (Wildman–Crippen MR) is 117 cm³/mol. The molecule has 1 saturated heterocycles. The Morgan fingerprint density at radius 1 is 1.03 bits per heavy atom. The average Bonchev–Trinajstić information content (AvgIpc) is 3.47. The van der Waals surface area contributed by atoms with Crippen LogP contribution in [0.5, 0.6) is 11.5 Å². The molecule has 1 N–H and O–H groups in total. The fourth-order valence-electron chi connectivity index (χ4n) is 4.12. The van der Waals surface area contributed by atoms with E-state index in [9.17, 15) is 14.4 Å². The molecule has 1 unspecified atom stereocenters. The van der Waals surface area contributed by atoms with Gasteiger partial charge in [-0.05, 0) is 31.2 Å². The van der Waals surface area contributed by atoms with Crippen LogP contribution >= 0.6 is 0 Å². The highest BCUT2D eigenvalue weighted by Crippen LogP contribution is 2.37. The van der Waals surface area contributed by atoms with E-state index in [0.29, 0.717) is 28.6 Å². The van der Waals surface area contributed by atoms with E-state index in [0.717, 1.165) is 0 Å². The van der Waals surface area contributed by atoms with Gasteiger partial charge in [-0.2, -0.15) is 0 Å². The van der Waals surface area contributed by atoms with Gasteiger partial charge in [0.2, 0.25) is 18.6 Å². The zero-order chi connectivity index (χ0) is 22.4. The Bertz CT molecular complexity index is 1280. The van der Waals surface area contributed by atoms with Crippen molar-refractivity contribution in [1.82, 2.24) is 9.36 Å². The van der Waals surface area contributed by atoms with Crippen molar-refractivity contribution in [3.63, 3.8) is 0 Å². The molecule has 2 aliphatic rings. The molecule has 2 amide bonds. The molecule has 5 rings (SSSR count). The molecule has 9 heteroatoms. The first kappa shape index (κ1) is 19.9. The number of fused-ring (bicyclic) bond motifs is 1. The second kappa shape index (κ2) is 7.60. The average molecular weight is 434 g/mol. The highest BCUT2D eigenvalue weighted by molar-refractivity contribution is 6.03. The molecule has 0 aliphatic carbocycles. The van der Waals surface area contributed by atoms with Crippen LogP contribution < -0.4 is 25.2 Å². The number of hydrogen-bond acceptors (Lipinski definition) is 5. The van der Waals surface area contributed by atoms with Crippen molar-refractivity contribution < 1.29 is 19.1 Å². The van der Waals surface area contributed by atoms with Crippen molar-refractivity contribution in [3.05, 3.63) is 64.6 Å². The summed E-state index contributed by atoms with van der Waals surface area (Å²) in [4.78, 5) is 40.2. The summed E-state index contributed by atoms with van der Waals surface area (Å²) in [6.45, 7) is 2.15. The molecule has 32 heavy (non-hydrogen) atoms. The molecular formula is C23H22N4O5. The van der Waals surface area contributed by atoms with Crippen LogP contribution in [0.15, 0.2) is 53.3 Å². The fraction of sp³-hybridized carbons (Fsp3) is 0.261. The van der Waals surface area contributed by atoms with Gasteiger partial charge in [-0.15, -0.1) is 0 Å². The van der Waals surface area contributed by atoms with Crippen LogP contribution in [-0.4, -0.2) is 34.5 Å². The first-order valence-electron chi connectivity index (χ1n) is 10.3. The second-order valence-corrected chi connectivity index (χ2v) is 7.87. The molecule has 1 fully saturated rings. The molecule has 0 radical (unpaired) electrons. The standard InChI is InChI=1S/C23H22N4O5/c1-14-21(23(30)27(25(14)2)16-6-4-3-5-7-16)24-22(29)15-10-20(28)26(12-15)17-8-9-18-19(11-17)32-13-31-18/h3-9,11,15H,10,12-13H2,1-2H3,(H,24,29). The molecule has 3 heterocycles. The van der Waals surface area contributed by atoms with Crippen LogP contribution in [0.1, 0.15) is 12.1 Å². The highest BCUT2D eigenvalue weighted by atomic mass is 16.7. The smallest absolute Gasteiger partial charge is 0.295 e. The number of aromatic nitrogens is 2. The summed E-state index contributed by atoms with van der Waals surface area (Å²) in [6.07, 6.45) is 0.0685. The zero-order valence-electron chi connectivity index (χ0n) is 17.7. The maximum atomic E-state index is 13.0. The number of amides is 2. The van der Waals surface area contributed by atoms with E-state index in [-0.39, 0.29) is 42.8 Å². The maximum Gasteiger partial charge on any atom is 0.295 e. The van der Waals surface area contributed by atoms with E-state index in [1.165, 1.54) is 4.68 Å². The third-order valence-corrected chi connectivity index (χ3v) is 5.97. The minimum atomic E-state index is -0.572. The van der Waals surface area contributed by atoms with Crippen molar-refractivity contribution in [1.29, 1.82) is 0 Å². The molecular weight excluding hydrogens is 412 g/mol. The molecule has 2 aliphatic heterocycles. The predicted octanol–water partition coefficient (Wildman–Crippen LogP) is 2.20. The van der Waals surface area contributed by atoms with E-state index >= 15 is 0 Å². The van der Waals surface area contributed by atoms with Gasteiger partial charge in [-0.3, -0.25) is 19.1 Å². The van der Waals surface area contributed by atoms with Crippen LogP contribution in [0.2, 0.25) is 0 Å². The Labute approximate surface area is 183 Å². The quantitative estimate of drug-likeness (QED) is 0.679. The molecule has 1 atom stereocenters. The third-order valence-electron chi connectivity index (χ3n) is 5.97. The molecule has 0 spiro atoms. The van der Waals surface area contributed by atoms with Crippen molar-refractivity contribution in [3.8, 4) is 17.2 Å². The lowest BCUT2D eigenvalue weighted by Crippen LogP contribution is -2.29. The number of nitrogens with zero attached hydrogens (tertiary/aromatic N) is 3. The Kier molecular flexibility index (Phi) is 4.73. The minimum absolute atomic E-state index is 0.0685. The number of nitrogens with one attached hydrogen (secondary N) is 1. The minimum Gasteiger partial charge on any atom is -0.454 e. The van der Waals surface area contributed by atoms with Gasteiger partial charge in [0.25, 0.3) is 5.56 Å². The normalized spacial score (nSPS) is 17.1. The van der Waals surface area contributed by atoms with Gasteiger partial charge in [-0.25, -0.2) is 4.68 Å². The van der Waals surface area contributed by atoms with Gasteiger partial charge in [-0.1, -0.05) is 18.2 Å². The van der Waals surface area contributed by atoms with E-state index < -0.39 is 5.92 Å². The number of carbonyl (C=O) groups excluding carboxylic acids is 2. The first-order valence-corrected chi connectivity index (χ1v) is 10.3. The topological polar surface area (TPSA) is 94.8 Å². The van der Waals surface area contributed by atoms with Gasteiger partial charge < -0.3 is 19.7 Å². The summed E-state index contributed by atoms with van der Waals surface area (Å²) >= 11 is 0. The van der Waals surface area contributed by atoms with Crippen LogP contribution in [0, 0.1) is 12.8 Å². The van der Waals surface area contributed by atoms with Crippen LogP contribution in [0.3, 0.4) is 0 Å². The molecule has 0 saturated carbocycles. The summed E-state index contributed by atoms with van der Waals surface area (Å²) in [6, 6.07) is 14.5. The van der Waals surface area contributed by atoms with Crippen LogP contribution in [0.25, 0.3) is 5.69 Å². The second-order valence-electron chi connectivity index (χ2n) is 7.87. The first-order chi connectivity index (χ1) is 15.4. The Balaban J connectivity index is 1.36. The number of hydrogen-bond donors (Lipinski definition) is 1. The summed E-state index contributed by atoms with van der Waals surface area (Å²) in [5.74, 6) is 0.119. The fourth-order valence-corrected chi connectivity index (χ4v) is 4.12. The van der Waals surface area contributed by atoms with Crippen LogP contribution in [-0.2, 0) is 16.6 Å². The molecule has 2 aromatic carbocycles. The van der Waals surface area contributed by atoms with Crippen molar-refractivity contribution in [2.24, 2.45) is 13.0 Å². The van der Waals surface area contributed by atoms with E-state index in [1.807, 2.05) is 30.3 Å². The monoisotopic (exact) mass is 434 g/mol. The van der Waals surface area contributed by atoms with E-state index in [1.54, 1.807) is 41.8 Å². The molecule has 164 valence electrons. The van der Waals surface area contributed by atoms with Gasteiger partial charge in [0.1, 0.15) is 5.69 Å². The number of anilines is 2. The largest absolute Gasteiger partial charge is 0.454 e. The van der Waals surface area contributed by atoms with Gasteiger partial charge in [0.15, 0.2) is 11.5 Å². The summed E-state index contributed by atoms with van der Waals surface area (Å²) in [7, 11) is 1.76. The molecule has 9 nitrogen and oxygen atoms in total. The SMILES string of the molecule is Cc1c(NC(=O)C2CC(=O)N(c3ccc4c(c3)OCO4)C2)c(=O)n(-c2ccccc2)n1C. The Hall–Kier alpha value is -4.01. The molecule has 1 aromatic heterocycles.